The Balaban J connectivity index is 1.33. The number of methoxy groups -OCH3 is 1. The zero-order valence-corrected chi connectivity index (χ0v) is 16.7. The Labute approximate surface area is 174 Å². The van der Waals surface area contributed by atoms with Crippen molar-refractivity contribution in [2.75, 3.05) is 13.7 Å². The highest BCUT2D eigenvalue weighted by Gasteiger charge is 2.35. The predicted molar refractivity (Wildman–Crippen MR) is 108 cm³/mol. The standard InChI is InChI=1S/C23H23NO6/c1-27-19-8-6-18(7-9-19)17-4-2-16(3-5-17)15-28-20-12-13-24-21(14-20)29-22(25)10-11-23(26)30-24/h2-11,20-21H,12-15H2,1H3/b11-10+. The van der Waals surface area contributed by atoms with E-state index in [1.165, 1.54) is 5.06 Å². The molecule has 0 radical (unpaired) electrons. The average molecular weight is 409 g/mol. The van der Waals surface area contributed by atoms with Crippen molar-refractivity contribution in [3.8, 4) is 16.9 Å². The normalized spacial score (nSPS) is 22.8. The lowest BCUT2D eigenvalue weighted by Crippen LogP contribution is -2.48. The second-order valence-electron chi connectivity index (χ2n) is 7.16. The van der Waals surface area contributed by atoms with Crippen LogP contribution >= 0.6 is 0 Å². The van der Waals surface area contributed by atoms with Crippen LogP contribution < -0.4 is 4.74 Å². The number of carbonyl (C=O) groups excluding carboxylic acids is 2. The number of piperidine rings is 1. The third-order valence-corrected chi connectivity index (χ3v) is 5.14. The molecule has 2 aliphatic rings. The molecule has 2 atom stereocenters. The van der Waals surface area contributed by atoms with E-state index in [1.807, 2.05) is 36.4 Å². The summed E-state index contributed by atoms with van der Waals surface area (Å²) in [4.78, 5) is 28.5. The number of nitrogens with zero attached hydrogens (tertiary/aromatic N) is 1. The van der Waals surface area contributed by atoms with Crippen molar-refractivity contribution in [3.63, 3.8) is 0 Å². The molecule has 30 heavy (non-hydrogen) atoms. The molecule has 156 valence electrons. The first-order valence-electron chi connectivity index (χ1n) is 9.83. The van der Waals surface area contributed by atoms with Crippen LogP contribution in [0, 0.1) is 0 Å². The van der Waals surface area contributed by atoms with Gasteiger partial charge in [-0.05, 0) is 35.2 Å². The maximum absolute atomic E-state index is 11.7. The molecule has 7 nitrogen and oxygen atoms in total. The zero-order chi connectivity index (χ0) is 20.9. The Morgan fingerprint density at radius 2 is 1.63 bits per heavy atom. The fraction of sp³-hybridized carbons (Fsp3) is 0.304. The summed E-state index contributed by atoms with van der Waals surface area (Å²) < 4.78 is 16.6. The van der Waals surface area contributed by atoms with Gasteiger partial charge < -0.3 is 19.0 Å². The molecule has 2 unspecified atom stereocenters. The molecule has 7 heteroatoms. The molecule has 1 fully saturated rings. The summed E-state index contributed by atoms with van der Waals surface area (Å²) in [5.74, 6) is -0.306. The van der Waals surface area contributed by atoms with Crippen molar-refractivity contribution in [2.24, 2.45) is 0 Å². The van der Waals surface area contributed by atoms with Gasteiger partial charge in [0.1, 0.15) is 5.75 Å². The first-order chi connectivity index (χ1) is 14.6. The molecule has 0 saturated carbocycles. The molecule has 0 aliphatic carbocycles. The average Bonchev–Trinajstić information content (AvgIpc) is 2.77. The number of carbonyl (C=O) groups is 2. The molecular weight excluding hydrogens is 386 g/mol. The van der Waals surface area contributed by atoms with E-state index in [0.29, 0.717) is 26.0 Å². The fourth-order valence-corrected chi connectivity index (χ4v) is 3.48. The van der Waals surface area contributed by atoms with Crippen LogP contribution in [0.15, 0.2) is 60.7 Å². The Morgan fingerprint density at radius 1 is 0.967 bits per heavy atom. The summed E-state index contributed by atoms with van der Waals surface area (Å²) >= 11 is 0. The Morgan fingerprint density at radius 3 is 2.33 bits per heavy atom. The molecule has 0 N–H and O–H groups in total. The minimum atomic E-state index is -0.636. The third-order valence-electron chi connectivity index (χ3n) is 5.14. The second kappa shape index (κ2) is 9.11. The van der Waals surface area contributed by atoms with Crippen LogP contribution in [0.3, 0.4) is 0 Å². The van der Waals surface area contributed by atoms with Gasteiger partial charge in [0.05, 0.1) is 19.8 Å². The van der Waals surface area contributed by atoms with Crippen LogP contribution in [0.1, 0.15) is 18.4 Å². The summed E-state index contributed by atoms with van der Waals surface area (Å²) in [5.41, 5.74) is 3.29. The van der Waals surface area contributed by atoms with Crippen LogP contribution in [-0.4, -0.2) is 43.0 Å². The van der Waals surface area contributed by atoms with Crippen LogP contribution in [0.4, 0.5) is 0 Å². The van der Waals surface area contributed by atoms with Gasteiger partial charge in [0.25, 0.3) is 0 Å². The zero-order valence-electron chi connectivity index (χ0n) is 16.7. The lowest BCUT2D eigenvalue weighted by molar-refractivity contribution is -0.258. The number of ether oxygens (including phenoxy) is 3. The molecule has 4 rings (SSSR count). The molecule has 0 spiro atoms. The van der Waals surface area contributed by atoms with Crippen molar-refractivity contribution in [3.05, 3.63) is 66.2 Å². The smallest absolute Gasteiger partial charge is 0.350 e. The van der Waals surface area contributed by atoms with E-state index < -0.39 is 18.2 Å². The van der Waals surface area contributed by atoms with E-state index >= 15 is 0 Å². The number of esters is 1. The van der Waals surface area contributed by atoms with E-state index in [0.717, 1.165) is 34.6 Å². The van der Waals surface area contributed by atoms with Crippen molar-refractivity contribution < 1.29 is 28.6 Å². The second-order valence-corrected chi connectivity index (χ2v) is 7.16. The predicted octanol–water partition coefficient (Wildman–Crippen LogP) is 3.24. The number of benzene rings is 2. The first kappa shape index (κ1) is 20.1. The van der Waals surface area contributed by atoms with Gasteiger partial charge in [-0.2, -0.15) is 0 Å². The van der Waals surface area contributed by atoms with Crippen molar-refractivity contribution in [2.45, 2.75) is 31.8 Å². The summed E-state index contributed by atoms with van der Waals surface area (Å²) in [6.45, 7) is 0.895. The number of hydrogen-bond acceptors (Lipinski definition) is 7. The number of hydroxylamine groups is 2. The molecule has 2 aromatic rings. The summed E-state index contributed by atoms with van der Waals surface area (Å²) in [5, 5.41) is 1.41. The highest BCUT2D eigenvalue weighted by atomic mass is 16.7. The van der Waals surface area contributed by atoms with Crippen molar-refractivity contribution >= 4 is 11.9 Å². The molecular formula is C23H23NO6. The van der Waals surface area contributed by atoms with E-state index in [1.54, 1.807) is 7.11 Å². The molecule has 0 amide bonds. The Hall–Kier alpha value is -3.16. The van der Waals surface area contributed by atoms with E-state index in [2.05, 4.69) is 12.1 Å². The lowest BCUT2D eigenvalue weighted by Gasteiger charge is -2.36. The highest BCUT2D eigenvalue weighted by molar-refractivity contribution is 5.92. The van der Waals surface area contributed by atoms with Gasteiger partial charge in [-0.25, -0.2) is 9.59 Å². The summed E-state index contributed by atoms with van der Waals surface area (Å²) in [7, 11) is 1.65. The maximum atomic E-state index is 11.7. The summed E-state index contributed by atoms with van der Waals surface area (Å²) in [6, 6.07) is 16.1. The number of fused-ring (bicyclic) bond motifs is 1. The number of hydrogen-bond donors (Lipinski definition) is 0. The van der Waals surface area contributed by atoms with Gasteiger partial charge in [0.15, 0.2) is 6.23 Å². The SMILES string of the molecule is COc1ccc(-c2ccc(COC3CCN4OC(=O)/C=C/C(=O)OC4C3)cc2)cc1. The van der Waals surface area contributed by atoms with E-state index in [9.17, 15) is 9.59 Å². The van der Waals surface area contributed by atoms with Gasteiger partial charge in [-0.15, -0.1) is 0 Å². The van der Waals surface area contributed by atoms with Gasteiger partial charge >= 0.3 is 11.9 Å². The highest BCUT2D eigenvalue weighted by Crippen LogP contribution is 2.25. The number of rotatable bonds is 5. The van der Waals surface area contributed by atoms with Crippen molar-refractivity contribution in [1.82, 2.24) is 5.06 Å². The molecule has 2 aromatic carbocycles. The van der Waals surface area contributed by atoms with Crippen LogP contribution in [0.5, 0.6) is 5.75 Å². The largest absolute Gasteiger partial charge is 0.497 e. The van der Waals surface area contributed by atoms with Crippen LogP contribution in [0.2, 0.25) is 0 Å². The van der Waals surface area contributed by atoms with Crippen molar-refractivity contribution in [1.29, 1.82) is 0 Å². The lowest BCUT2D eigenvalue weighted by atomic mass is 10.0. The molecule has 2 aliphatic heterocycles. The Kier molecular flexibility index (Phi) is 6.11. The van der Waals surface area contributed by atoms with Crippen LogP contribution in [-0.2, 0) is 30.5 Å². The van der Waals surface area contributed by atoms with E-state index in [4.69, 9.17) is 19.0 Å². The molecule has 0 aromatic heterocycles. The van der Waals surface area contributed by atoms with Gasteiger partial charge in [-0.1, -0.05) is 41.5 Å². The molecule has 0 bridgehead atoms. The van der Waals surface area contributed by atoms with Crippen LogP contribution in [0.25, 0.3) is 11.1 Å². The quantitative estimate of drug-likeness (QED) is 0.702. The third kappa shape index (κ3) is 4.87. The fourth-order valence-electron chi connectivity index (χ4n) is 3.48. The molecule has 1 saturated heterocycles. The minimum absolute atomic E-state index is 0.0950. The van der Waals surface area contributed by atoms with Gasteiger partial charge in [-0.3, -0.25) is 0 Å². The van der Waals surface area contributed by atoms with E-state index in [-0.39, 0.29) is 6.10 Å². The first-order valence-corrected chi connectivity index (χ1v) is 9.83. The summed E-state index contributed by atoms with van der Waals surface area (Å²) in [6.07, 6.45) is 2.53. The Bertz CT molecular complexity index is 922. The van der Waals surface area contributed by atoms with Gasteiger partial charge in [0.2, 0.25) is 0 Å². The maximum Gasteiger partial charge on any atom is 0.350 e. The topological polar surface area (TPSA) is 74.3 Å². The van der Waals surface area contributed by atoms with Gasteiger partial charge in [0, 0.05) is 25.1 Å². The monoisotopic (exact) mass is 409 g/mol. The minimum Gasteiger partial charge on any atom is -0.497 e. The molecule has 2 heterocycles.